The van der Waals surface area contributed by atoms with Crippen LogP contribution in [0.2, 0.25) is 0 Å². The predicted molar refractivity (Wildman–Crippen MR) is 245 cm³/mol. The molecule has 0 N–H and O–H groups in total. The molecule has 0 atom stereocenters. The zero-order valence-electron chi connectivity index (χ0n) is 32.4. The van der Waals surface area contributed by atoms with Crippen molar-refractivity contribution in [1.82, 2.24) is 15.0 Å². The summed E-state index contributed by atoms with van der Waals surface area (Å²) in [5.74, 6) is 1.95. The van der Waals surface area contributed by atoms with E-state index >= 15 is 0 Å². The van der Waals surface area contributed by atoms with Crippen molar-refractivity contribution < 1.29 is 0 Å². The van der Waals surface area contributed by atoms with Gasteiger partial charge < -0.3 is 0 Å². The van der Waals surface area contributed by atoms with Crippen LogP contribution in [0, 0.1) is 0 Å². The average molecular weight is 758 g/mol. The maximum atomic E-state index is 5.11. The molecule has 1 heterocycles. The third-order valence-electron chi connectivity index (χ3n) is 12.2. The molecular weight excluding hydrogens is 715 g/mol. The summed E-state index contributed by atoms with van der Waals surface area (Å²) in [4.78, 5) is 15.2. The molecule has 0 unspecified atom stereocenters. The van der Waals surface area contributed by atoms with Gasteiger partial charge in [-0.1, -0.05) is 197 Å². The number of fused-ring (bicyclic) bond motifs is 6. The summed E-state index contributed by atoms with van der Waals surface area (Å²) in [6.07, 6.45) is 0.870. The van der Waals surface area contributed by atoms with E-state index in [1.165, 1.54) is 66.8 Å². The molecule has 0 amide bonds. The van der Waals surface area contributed by atoms with E-state index in [0.717, 1.165) is 34.2 Å². The standard InChI is InChI=1S/C55H39N3.CH4/c1-55(2)50-25-10-9-20-46(50)47-31-30-40(33-51(47)55)43-22-13-24-45-44-23-12-21-42(48(44)34-49(43)45)39-18-11-19-41(32-39)54-57-52(37-16-7-4-8-17-37)56-53(58-54)38-28-26-36(27-29-38)35-14-5-3-6-15-35;/h3-33H,34H2,1-2H3;1H4. The minimum Gasteiger partial charge on any atom is -0.208 e. The Hall–Kier alpha value is -7.23. The van der Waals surface area contributed by atoms with Gasteiger partial charge >= 0.3 is 0 Å². The maximum Gasteiger partial charge on any atom is 0.164 e. The summed E-state index contributed by atoms with van der Waals surface area (Å²) in [6.45, 7) is 4.72. The van der Waals surface area contributed by atoms with Crippen molar-refractivity contribution in [3.05, 3.63) is 210 Å². The number of nitrogens with zero attached hydrogens (tertiary/aromatic N) is 3. The van der Waals surface area contributed by atoms with Gasteiger partial charge in [0.25, 0.3) is 0 Å². The van der Waals surface area contributed by atoms with Gasteiger partial charge in [-0.05, 0) is 96.4 Å². The average Bonchev–Trinajstić information content (AvgIpc) is 3.79. The minimum absolute atomic E-state index is 0. The van der Waals surface area contributed by atoms with Crippen LogP contribution >= 0.6 is 0 Å². The second-order valence-corrected chi connectivity index (χ2v) is 16.0. The number of hydrogen-bond acceptors (Lipinski definition) is 3. The fourth-order valence-electron chi connectivity index (χ4n) is 9.27. The fourth-order valence-corrected chi connectivity index (χ4v) is 9.27. The molecule has 0 saturated carbocycles. The van der Waals surface area contributed by atoms with Crippen LogP contribution in [-0.4, -0.2) is 15.0 Å². The summed E-state index contributed by atoms with van der Waals surface area (Å²) in [5, 5.41) is 0. The Morgan fingerprint density at radius 1 is 0.322 bits per heavy atom. The molecule has 3 nitrogen and oxygen atoms in total. The third kappa shape index (κ3) is 6.09. The number of rotatable bonds is 6. The molecule has 8 aromatic carbocycles. The smallest absolute Gasteiger partial charge is 0.164 e. The van der Waals surface area contributed by atoms with E-state index in [0.29, 0.717) is 17.5 Å². The predicted octanol–water partition coefficient (Wildman–Crippen LogP) is 14.4. The minimum atomic E-state index is -0.0464. The quantitative estimate of drug-likeness (QED) is 0.170. The van der Waals surface area contributed by atoms with Crippen LogP contribution in [-0.2, 0) is 11.8 Å². The van der Waals surface area contributed by atoms with E-state index < -0.39 is 0 Å². The molecule has 0 aliphatic heterocycles. The molecule has 0 saturated heterocycles. The second-order valence-electron chi connectivity index (χ2n) is 16.0. The van der Waals surface area contributed by atoms with Crippen molar-refractivity contribution >= 4 is 0 Å². The normalized spacial score (nSPS) is 12.8. The van der Waals surface area contributed by atoms with Crippen LogP contribution in [0.4, 0.5) is 0 Å². The van der Waals surface area contributed by atoms with Crippen molar-refractivity contribution in [2.24, 2.45) is 0 Å². The van der Waals surface area contributed by atoms with Crippen LogP contribution in [0.25, 0.3) is 89.8 Å². The van der Waals surface area contributed by atoms with Crippen molar-refractivity contribution in [3.8, 4) is 89.8 Å². The first-order valence-corrected chi connectivity index (χ1v) is 20.1. The molecule has 11 rings (SSSR count). The van der Waals surface area contributed by atoms with Crippen molar-refractivity contribution in [1.29, 1.82) is 0 Å². The molecule has 0 radical (unpaired) electrons. The Morgan fingerprint density at radius 3 is 1.39 bits per heavy atom. The highest BCUT2D eigenvalue weighted by Gasteiger charge is 2.35. The summed E-state index contributed by atoms with van der Waals surface area (Å²) in [5.41, 5.74) is 21.0. The van der Waals surface area contributed by atoms with Gasteiger partial charge in [-0.3, -0.25) is 0 Å². The third-order valence-corrected chi connectivity index (χ3v) is 12.2. The molecular formula is C56H43N3. The SMILES string of the molecule is C.CC1(C)c2ccccc2-c2ccc(-c3cccc4c3Cc3c(-c5cccc(-c6nc(-c7ccccc7)nc(-c7ccc(-c8ccccc8)cc7)n6)c5)cccc3-4)cc21. The Kier molecular flexibility index (Phi) is 8.76. The van der Waals surface area contributed by atoms with Crippen LogP contribution < -0.4 is 0 Å². The molecule has 282 valence electrons. The van der Waals surface area contributed by atoms with Crippen molar-refractivity contribution in [3.63, 3.8) is 0 Å². The van der Waals surface area contributed by atoms with Gasteiger partial charge in [-0.15, -0.1) is 0 Å². The van der Waals surface area contributed by atoms with Gasteiger partial charge in [0.05, 0.1) is 0 Å². The molecule has 2 aliphatic carbocycles. The number of aromatic nitrogens is 3. The Balaban J connectivity index is 0.00000420. The lowest BCUT2D eigenvalue weighted by molar-refractivity contribution is 0.660. The first-order chi connectivity index (χ1) is 28.5. The highest BCUT2D eigenvalue weighted by Crippen LogP contribution is 2.51. The van der Waals surface area contributed by atoms with Crippen LogP contribution in [0.15, 0.2) is 188 Å². The van der Waals surface area contributed by atoms with Crippen molar-refractivity contribution in [2.75, 3.05) is 0 Å². The number of benzene rings is 8. The zero-order chi connectivity index (χ0) is 38.8. The summed E-state index contributed by atoms with van der Waals surface area (Å²) in [7, 11) is 0. The van der Waals surface area contributed by atoms with Gasteiger partial charge in [-0.25, -0.2) is 15.0 Å². The molecule has 3 heteroatoms. The van der Waals surface area contributed by atoms with Gasteiger partial charge in [0.2, 0.25) is 0 Å². The van der Waals surface area contributed by atoms with E-state index in [4.69, 9.17) is 15.0 Å². The molecule has 0 fully saturated rings. The molecule has 2 aliphatic rings. The van der Waals surface area contributed by atoms with Crippen molar-refractivity contribution in [2.45, 2.75) is 33.1 Å². The van der Waals surface area contributed by atoms with Gasteiger partial charge in [0, 0.05) is 22.1 Å². The van der Waals surface area contributed by atoms with E-state index in [-0.39, 0.29) is 12.8 Å². The summed E-state index contributed by atoms with van der Waals surface area (Å²) in [6, 6.07) is 67.3. The van der Waals surface area contributed by atoms with E-state index in [9.17, 15) is 0 Å². The Bertz CT molecular complexity index is 3040. The van der Waals surface area contributed by atoms with Gasteiger partial charge in [-0.2, -0.15) is 0 Å². The zero-order valence-corrected chi connectivity index (χ0v) is 32.4. The largest absolute Gasteiger partial charge is 0.208 e. The Labute approximate surface area is 346 Å². The van der Waals surface area contributed by atoms with Crippen LogP contribution in [0.1, 0.15) is 43.5 Å². The van der Waals surface area contributed by atoms with E-state index in [1.807, 2.05) is 24.3 Å². The monoisotopic (exact) mass is 757 g/mol. The lowest BCUT2D eigenvalue weighted by Gasteiger charge is -2.22. The molecule has 0 bridgehead atoms. The topological polar surface area (TPSA) is 38.7 Å². The first-order valence-electron chi connectivity index (χ1n) is 20.1. The molecule has 0 spiro atoms. The van der Waals surface area contributed by atoms with E-state index in [1.54, 1.807) is 0 Å². The molecule has 1 aromatic heterocycles. The lowest BCUT2D eigenvalue weighted by atomic mass is 9.81. The Morgan fingerprint density at radius 2 is 0.729 bits per heavy atom. The lowest BCUT2D eigenvalue weighted by Crippen LogP contribution is -2.14. The van der Waals surface area contributed by atoms with Gasteiger partial charge in [0.15, 0.2) is 17.5 Å². The first kappa shape index (κ1) is 36.1. The summed E-state index contributed by atoms with van der Waals surface area (Å²) >= 11 is 0. The maximum absolute atomic E-state index is 5.11. The van der Waals surface area contributed by atoms with Gasteiger partial charge in [0.1, 0.15) is 0 Å². The van der Waals surface area contributed by atoms with Crippen LogP contribution in [0.3, 0.4) is 0 Å². The highest BCUT2D eigenvalue weighted by molar-refractivity contribution is 5.91. The molecule has 9 aromatic rings. The fraction of sp³-hybridized carbons (Fsp3) is 0.0893. The summed E-state index contributed by atoms with van der Waals surface area (Å²) < 4.78 is 0. The molecule has 59 heavy (non-hydrogen) atoms. The number of hydrogen-bond donors (Lipinski definition) is 0. The highest BCUT2D eigenvalue weighted by atomic mass is 15.0. The second kappa shape index (κ2) is 14.3. The van der Waals surface area contributed by atoms with Crippen LogP contribution in [0.5, 0.6) is 0 Å². The van der Waals surface area contributed by atoms with E-state index in [2.05, 4.69) is 178 Å².